The molecule has 2 rings (SSSR count). The summed E-state index contributed by atoms with van der Waals surface area (Å²) >= 11 is 2.94. The second-order valence-corrected chi connectivity index (χ2v) is 5.85. The zero-order valence-corrected chi connectivity index (χ0v) is 12.4. The van der Waals surface area contributed by atoms with Gasteiger partial charge in [-0.1, -0.05) is 19.3 Å². The fourth-order valence-corrected chi connectivity index (χ4v) is 2.79. The summed E-state index contributed by atoms with van der Waals surface area (Å²) in [5, 5.41) is 24.0. The Morgan fingerprint density at radius 1 is 1.35 bits per heavy atom. The summed E-state index contributed by atoms with van der Waals surface area (Å²) in [6.07, 6.45) is 3.73. The third-order valence-electron chi connectivity index (χ3n) is 3.56. The van der Waals surface area contributed by atoms with Crippen LogP contribution in [0.25, 0.3) is 0 Å². The smallest absolute Gasteiger partial charge is 0.293 e. The van der Waals surface area contributed by atoms with Gasteiger partial charge in [-0.2, -0.15) is 0 Å². The Balaban J connectivity index is 2.27. The van der Waals surface area contributed by atoms with Crippen LogP contribution in [0.2, 0.25) is 0 Å². The molecule has 1 aromatic rings. The number of aliphatic hydroxyl groups excluding tert-OH is 1. The van der Waals surface area contributed by atoms with E-state index in [1.807, 2.05) is 0 Å². The van der Waals surface area contributed by atoms with E-state index in [-0.39, 0.29) is 21.9 Å². The molecule has 110 valence electrons. The van der Waals surface area contributed by atoms with Gasteiger partial charge in [0.15, 0.2) is 0 Å². The zero-order chi connectivity index (χ0) is 14.7. The molecule has 0 radical (unpaired) electrons. The van der Waals surface area contributed by atoms with E-state index in [9.17, 15) is 19.6 Å². The van der Waals surface area contributed by atoms with Crippen molar-refractivity contribution in [2.75, 3.05) is 5.32 Å². The summed E-state index contributed by atoms with van der Waals surface area (Å²) in [5.41, 5.74) is -0.0867. The molecule has 2 atom stereocenters. The maximum Gasteiger partial charge on any atom is 0.293 e. The Kier molecular flexibility index (Phi) is 4.93. The van der Waals surface area contributed by atoms with Gasteiger partial charge in [0.25, 0.3) is 5.69 Å². The van der Waals surface area contributed by atoms with Crippen LogP contribution in [0.15, 0.2) is 16.6 Å². The molecule has 5 nitrogen and oxygen atoms in total. The molecule has 1 fully saturated rings. The molecule has 0 aliphatic heterocycles. The van der Waals surface area contributed by atoms with Gasteiger partial charge in [0.1, 0.15) is 11.5 Å². The van der Waals surface area contributed by atoms with Crippen molar-refractivity contribution in [3.8, 4) is 0 Å². The molecule has 2 N–H and O–H groups in total. The van der Waals surface area contributed by atoms with E-state index < -0.39 is 16.8 Å². The van der Waals surface area contributed by atoms with Crippen LogP contribution in [0, 0.1) is 15.9 Å². The summed E-state index contributed by atoms with van der Waals surface area (Å²) < 4.78 is 13.6. The molecule has 0 saturated heterocycles. The van der Waals surface area contributed by atoms with Crippen molar-refractivity contribution in [3.63, 3.8) is 0 Å². The first kappa shape index (κ1) is 15.2. The molecule has 0 heterocycles. The average molecular weight is 347 g/mol. The largest absolute Gasteiger partial charge is 0.391 e. The van der Waals surface area contributed by atoms with E-state index in [1.165, 1.54) is 0 Å². The molecule has 7 heteroatoms. The van der Waals surface area contributed by atoms with Crippen LogP contribution in [0.5, 0.6) is 0 Å². The maximum atomic E-state index is 13.6. The Morgan fingerprint density at radius 2 is 2.05 bits per heavy atom. The number of benzene rings is 1. The Labute approximate surface area is 124 Å². The minimum absolute atomic E-state index is 0.0520. The molecule has 0 amide bonds. The van der Waals surface area contributed by atoms with Crippen LogP contribution in [0.4, 0.5) is 15.8 Å². The molecular formula is C13H16BrFN2O3. The van der Waals surface area contributed by atoms with E-state index >= 15 is 0 Å². The van der Waals surface area contributed by atoms with Crippen LogP contribution >= 0.6 is 15.9 Å². The normalized spacial score (nSPS) is 23.1. The van der Waals surface area contributed by atoms with Gasteiger partial charge in [0.05, 0.1) is 21.5 Å². The second kappa shape index (κ2) is 6.49. The van der Waals surface area contributed by atoms with Crippen LogP contribution < -0.4 is 5.32 Å². The standard InChI is InChI=1S/C13H16BrFN2O3/c14-8-6-12(17(19)20)11(7-9(8)15)16-10-4-2-1-3-5-13(10)18/h6-7,10,13,16,18H,1-5H2. The zero-order valence-electron chi connectivity index (χ0n) is 10.8. The highest BCUT2D eigenvalue weighted by Crippen LogP contribution is 2.32. The van der Waals surface area contributed by atoms with E-state index in [2.05, 4.69) is 21.2 Å². The number of aliphatic hydroxyl groups is 1. The van der Waals surface area contributed by atoms with Crippen molar-refractivity contribution in [2.45, 2.75) is 44.2 Å². The lowest BCUT2D eigenvalue weighted by Gasteiger charge is -2.22. The number of nitro benzene ring substituents is 1. The minimum atomic E-state index is -0.568. The topological polar surface area (TPSA) is 75.4 Å². The van der Waals surface area contributed by atoms with Gasteiger partial charge in [-0.15, -0.1) is 0 Å². The number of rotatable bonds is 3. The monoisotopic (exact) mass is 346 g/mol. The van der Waals surface area contributed by atoms with Gasteiger partial charge >= 0.3 is 0 Å². The number of halogens is 2. The maximum absolute atomic E-state index is 13.6. The highest BCUT2D eigenvalue weighted by atomic mass is 79.9. The number of anilines is 1. The molecule has 0 spiro atoms. The summed E-state index contributed by atoms with van der Waals surface area (Å²) in [6, 6.07) is 1.96. The summed E-state index contributed by atoms with van der Waals surface area (Å²) in [4.78, 5) is 10.5. The van der Waals surface area contributed by atoms with Crippen LogP contribution in [0.1, 0.15) is 32.1 Å². The highest BCUT2D eigenvalue weighted by Gasteiger charge is 2.25. The molecule has 0 aromatic heterocycles. The fraction of sp³-hybridized carbons (Fsp3) is 0.538. The van der Waals surface area contributed by atoms with Gasteiger partial charge < -0.3 is 10.4 Å². The first-order valence-electron chi connectivity index (χ1n) is 6.57. The van der Waals surface area contributed by atoms with Crippen LogP contribution in [0.3, 0.4) is 0 Å². The summed E-state index contributed by atoms with van der Waals surface area (Å²) in [5.74, 6) is -0.568. The Bertz CT molecular complexity index is 513. The quantitative estimate of drug-likeness (QED) is 0.498. The van der Waals surface area contributed by atoms with Crippen molar-refractivity contribution in [1.29, 1.82) is 0 Å². The van der Waals surface area contributed by atoms with Crippen molar-refractivity contribution < 1.29 is 14.4 Å². The van der Waals surface area contributed by atoms with Crippen molar-refractivity contribution in [3.05, 3.63) is 32.5 Å². The van der Waals surface area contributed by atoms with E-state index in [1.54, 1.807) is 0 Å². The minimum Gasteiger partial charge on any atom is -0.391 e. The van der Waals surface area contributed by atoms with Crippen molar-refractivity contribution in [1.82, 2.24) is 0 Å². The SMILES string of the molecule is O=[N+]([O-])c1cc(Br)c(F)cc1NC1CCCCCC1O. The molecule has 20 heavy (non-hydrogen) atoms. The van der Waals surface area contributed by atoms with Crippen LogP contribution in [-0.4, -0.2) is 22.2 Å². The fourth-order valence-electron chi connectivity index (χ4n) is 2.46. The Hall–Kier alpha value is -1.21. The molecule has 1 aliphatic carbocycles. The predicted octanol–water partition coefficient (Wildman–Crippen LogP) is 3.60. The third kappa shape index (κ3) is 3.46. The lowest BCUT2D eigenvalue weighted by molar-refractivity contribution is -0.384. The lowest BCUT2D eigenvalue weighted by atomic mass is 10.1. The highest BCUT2D eigenvalue weighted by molar-refractivity contribution is 9.10. The average Bonchev–Trinajstić information content (AvgIpc) is 2.59. The molecule has 1 aliphatic rings. The molecular weight excluding hydrogens is 331 g/mol. The summed E-state index contributed by atoms with van der Waals surface area (Å²) in [7, 11) is 0. The van der Waals surface area contributed by atoms with E-state index in [4.69, 9.17) is 0 Å². The van der Waals surface area contributed by atoms with Gasteiger partial charge in [-0.3, -0.25) is 10.1 Å². The number of hydrogen-bond acceptors (Lipinski definition) is 4. The molecule has 2 unspecified atom stereocenters. The Morgan fingerprint density at radius 3 is 2.75 bits per heavy atom. The molecule has 1 aromatic carbocycles. The van der Waals surface area contributed by atoms with Crippen LogP contribution in [-0.2, 0) is 0 Å². The summed E-state index contributed by atoms with van der Waals surface area (Å²) in [6.45, 7) is 0. The molecule has 1 saturated carbocycles. The predicted molar refractivity (Wildman–Crippen MR) is 77.3 cm³/mol. The van der Waals surface area contributed by atoms with Gasteiger partial charge in [0.2, 0.25) is 0 Å². The van der Waals surface area contributed by atoms with Gasteiger partial charge in [0, 0.05) is 12.1 Å². The van der Waals surface area contributed by atoms with Crippen molar-refractivity contribution in [2.24, 2.45) is 0 Å². The number of nitro groups is 1. The lowest BCUT2D eigenvalue weighted by Crippen LogP contribution is -2.32. The first-order valence-corrected chi connectivity index (χ1v) is 7.36. The van der Waals surface area contributed by atoms with Gasteiger partial charge in [-0.25, -0.2) is 4.39 Å². The van der Waals surface area contributed by atoms with E-state index in [0.29, 0.717) is 6.42 Å². The third-order valence-corrected chi connectivity index (χ3v) is 4.16. The van der Waals surface area contributed by atoms with Gasteiger partial charge in [-0.05, 0) is 28.8 Å². The number of nitrogens with one attached hydrogen (secondary N) is 1. The van der Waals surface area contributed by atoms with Crippen molar-refractivity contribution >= 4 is 27.3 Å². The number of nitrogens with zero attached hydrogens (tertiary/aromatic N) is 1. The molecule has 0 bridgehead atoms. The second-order valence-electron chi connectivity index (χ2n) is 5.00. The first-order chi connectivity index (χ1) is 9.49. The number of hydrogen-bond donors (Lipinski definition) is 2. The van der Waals surface area contributed by atoms with E-state index in [0.717, 1.165) is 37.8 Å².